The van der Waals surface area contributed by atoms with E-state index in [4.69, 9.17) is 28.6 Å². The van der Waals surface area contributed by atoms with E-state index >= 15 is 0 Å². The topological polar surface area (TPSA) is 63.2 Å². The molecular weight excluding hydrogens is 402 g/mol. The molecule has 0 fully saturated rings. The number of ether oxygens (including phenoxy) is 1. The predicted molar refractivity (Wildman–Crippen MR) is 115 cm³/mol. The van der Waals surface area contributed by atoms with Crippen molar-refractivity contribution in [2.75, 3.05) is 5.32 Å². The number of anilines is 1. The van der Waals surface area contributed by atoms with Crippen LogP contribution in [0, 0.1) is 0 Å². The van der Waals surface area contributed by atoms with E-state index in [9.17, 15) is 4.79 Å². The van der Waals surface area contributed by atoms with Crippen molar-refractivity contribution in [2.24, 2.45) is 0 Å². The van der Waals surface area contributed by atoms with E-state index in [2.05, 4.69) is 22.5 Å². The molecule has 2 aromatic carbocycles. The Morgan fingerprint density at radius 3 is 2.74 bits per heavy atom. The maximum Gasteiger partial charge on any atom is 0.257 e. The Hall–Kier alpha value is -2.22. The maximum atomic E-state index is 12.3. The molecule has 0 bridgehead atoms. The molecule has 5 nitrogen and oxygen atoms in total. The molecule has 0 aliphatic carbocycles. The largest absolute Gasteiger partial charge is 0.491 e. The van der Waals surface area contributed by atoms with Gasteiger partial charge >= 0.3 is 0 Å². The number of nitrogens with one attached hydrogen (secondary N) is 2. The van der Waals surface area contributed by atoms with Crippen molar-refractivity contribution >= 4 is 61.5 Å². The third-order valence-electron chi connectivity index (χ3n) is 3.83. The zero-order valence-electron chi connectivity index (χ0n) is 14.8. The number of halogens is 1. The summed E-state index contributed by atoms with van der Waals surface area (Å²) in [5, 5.41) is 7.01. The first-order valence-corrected chi connectivity index (χ1v) is 10.00. The summed E-state index contributed by atoms with van der Waals surface area (Å²) in [7, 11) is 0. The molecule has 0 saturated heterocycles. The van der Waals surface area contributed by atoms with Crippen LogP contribution in [0.15, 0.2) is 42.5 Å². The van der Waals surface area contributed by atoms with Crippen molar-refractivity contribution in [3.8, 4) is 5.75 Å². The number of nitrogens with zero attached hydrogens (tertiary/aromatic N) is 1. The zero-order chi connectivity index (χ0) is 19.4. The van der Waals surface area contributed by atoms with Gasteiger partial charge in [-0.15, -0.1) is 0 Å². The summed E-state index contributed by atoms with van der Waals surface area (Å²) in [6.45, 7) is 4.06. The number of aromatic nitrogens is 1. The highest BCUT2D eigenvalue weighted by Gasteiger charge is 2.11. The fourth-order valence-electron chi connectivity index (χ4n) is 2.26. The highest BCUT2D eigenvalue weighted by Crippen LogP contribution is 2.28. The van der Waals surface area contributed by atoms with E-state index < -0.39 is 0 Å². The molecule has 0 aliphatic heterocycles. The summed E-state index contributed by atoms with van der Waals surface area (Å²) in [4.78, 5) is 16.8. The molecule has 27 heavy (non-hydrogen) atoms. The summed E-state index contributed by atoms with van der Waals surface area (Å²) in [5.74, 6) is 0.432. The molecule has 2 N–H and O–H groups in total. The Labute approximate surface area is 171 Å². The lowest BCUT2D eigenvalue weighted by Gasteiger charge is -2.13. The zero-order valence-corrected chi connectivity index (χ0v) is 17.2. The maximum absolute atomic E-state index is 12.3. The number of rotatable bonds is 5. The molecule has 140 valence electrons. The van der Waals surface area contributed by atoms with Gasteiger partial charge in [0.25, 0.3) is 5.91 Å². The van der Waals surface area contributed by atoms with E-state index in [1.165, 1.54) is 11.3 Å². The molecule has 1 atom stereocenters. The minimum absolute atomic E-state index is 0.130. The molecule has 0 spiro atoms. The summed E-state index contributed by atoms with van der Waals surface area (Å²) >= 11 is 12.6. The molecule has 0 aliphatic rings. The average Bonchev–Trinajstić information content (AvgIpc) is 3.03. The van der Waals surface area contributed by atoms with Crippen LogP contribution in [0.25, 0.3) is 10.2 Å². The lowest BCUT2D eigenvalue weighted by molar-refractivity contribution is 0.0977. The molecule has 3 rings (SSSR count). The van der Waals surface area contributed by atoms with E-state index in [-0.39, 0.29) is 17.1 Å². The number of hydrogen-bond donors (Lipinski definition) is 2. The molecule has 1 heterocycles. The standard InChI is InChI=1S/C19H18ClN3O2S2/c1-3-11(2)25-14-7-4-12(5-8-14)17(24)22-18(26)23-19-21-15-9-6-13(20)10-16(15)27-19/h4-11H,3H2,1-2H3,(H2,21,22,23,24,26)/t11-/m1/s1. The molecule has 1 amide bonds. The predicted octanol–water partition coefficient (Wildman–Crippen LogP) is 5.25. The highest BCUT2D eigenvalue weighted by atomic mass is 35.5. The van der Waals surface area contributed by atoms with Gasteiger partial charge in [0.2, 0.25) is 0 Å². The third kappa shape index (κ3) is 5.15. The minimum Gasteiger partial charge on any atom is -0.491 e. The number of carbonyl (C=O) groups is 1. The Kier molecular flexibility index (Phi) is 6.26. The molecule has 3 aromatic rings. The fraction of sp³-hybridized carbons (Fsp3) is 0.211. The van der Waals surface area contributed by atoms with Crippen LogP contribution < -0.4 is 15.4 Å². The third-order valence-corrected chi connectivity index (χ3v) is 5.20. The van der Waals surface area contributed by atoms with Gasteiger partial charge in [-0.3, -0.25) is 10.1 Å². The van der Waals surface area contributed by atoms with Gasteiger partial charge < -0.3 is 10.1 Å². The number of amides is 1. The number of thiocarbonyl (C=S) groups is 1. The minimum atomic E-state index is -0.299. The second kappa shape index (κ2) is 8.65. The second-order valence-corrected chi connectivity index (χ2v) is 7.78. The summed E-state index contributed by atoms with van der Waals surface area (Å²) < 4.78 is 6.65. The average molecular weight is 420 g/mol. The molecule has 8 heteroatoms. The number of benzene rings is 2. The van der Waals surface area contributed by atoms with E-state index in [0.29, 0.717) is 15.7 Å². The number of fused-ring (bicyclic) bond motifs is 1. The highest BCUT2D eigenvalue weighted by molar-refractivity contribution is 7.80. The van der Waals surface area contributed by atoms with Crippen LogP contribution in [0.5, 0.6) is 5.75 Å². The van der Waals surface area contributed by atoms with Gasteiger partial charge in [0.15, 0.2) is 10.2 Å². The van der Waals surface area contributed by atoms with Crippen LogP contribution in [0.2, 0.25) is 5.02 Å². The van der Waals surface area contributed by atoms with Crippen molar-refractivity contribution in [3.63, 3.8) is 0 Å². The first-order chi connectivity index (χ1) is 12.9. The lowest BCUT2D eigenvalue weighted by atomic mass is 10.2. The van der Waals surface area contributed by atoms with E-state index in [1.54, 1.807) is 30.3 Å². The van der Waals surface area contributed by atoms with Crippen molar-refractivity contribution in [1.82, 2.24) is 10.3 Å². The van der Waals surface area contributed by atoms with Crippen molar-refractivity contribution in [2.45, 2.75) is 26.4 Å². The normalized spacial score (nSPS) is 11.8. The monoisotopic (exact) mass is 419 g/mol. The quantitative estimate of drug-likeness (QED) is 0.552. The molecule has 1 aromatic heterocycles. The van der Waals surface area contributed by atoms with E-state index in [0.717, 1.165) is 22.4 Å². The Morgan fingerprint density at radius 1 is 1.30 bits per heavy atom. The SMILES string of the molecule is CC[C@@H](C)Oc1ccc(C(=O)NC(=S)Nc2nc3ccc(Cl)cc3s2)cc1. The molecule has 0 saturated carbocycles. The number of carbonyl (C=O) groups excluding carboxylic acids is 1. The summed E-state index contributed by atoms with van der Waals surface area (Å²) in [6.07, 6.45) is 1.05. The van der Waals surface area contributed by atoms with Gasteiger partial charge in [0, 0.05) is 10.6 Å². The van der Waals surface area contributed by atoms with Gasteiger partial charge in [-0.1, -0.05) is 29.9 Å². The van der Waals surface area contributed by atoms with Gasteiger partial charge in [0.1, 0.15) is 5.75 Å². The van der Waals surface area contributed by atoms with E-state index in [1.807, 2.05) is 19.1 Å². The Bertz CT molecular complexity index is 973. The summed E-state index contributed by atoms with van der Waals surface area (Å²) in [5.41, 5.74) is 1.31. The number of hydrogen-bond acceptors (Lipinski definition) is 5. The smallest absolute Gasteiger partial charge is 0.257 e. The van der Waals surface area contributed by atoms with Gasteiger partial charge in [-0.2, -0.15) is 0 Å². The molecule has 0 radical (unpaired) electrons. The van der Waals surface area contributed by atoms with Crippen LogP contribution in [0.4, 0.5) is 5.13 Å². The van der Waals surface area contributed by atoms with Crippen molar-refractivity contribution < 1.29 is 9.53 Å². The van der Waals surface area contributed by atoms with Gasteiger partial charge in [-0.05, 0) is 68.0 Å². The Balaban J connectivity index is 1.60. The Morgan fingerprint density at radius 2 is 2.04 bits per heavy atom. The van der Waals surface area contributed by atoms with Crippen LogP contribution >= 0.6 is 35.2 Å². The van der Waals surface area contributed by atoms with Crippen LogP contribution in [-0.2, 0) is 0 Å². The van der Waals surface area contributed by atoms with Crippen molar-refractivity contribution in [3.05, 3.63) is 53.1 Å². The fourth-order valence-corrected chi connectivity index (χ4v) is 3.66. The van der Waals surface area contributed by atoms with Gasteiger partial charge in [-0.25, -0.2) is 4.98 Å². The summed E-state index contributed by atoms with van der Waals surface area (Å²) in [6, 6.07) is 12.4. The lowest BCUT2D eigenvalue weighted by Crippen LogP contribution is -2.34. The molecular formula is C19H18ClN3O2S2. The van der Waals surface area contributed by atoms with Crippen LogP contribution in [0.3, 0.4) is 0 Å². The first kappa shape index (κ1) is 19.5. The molecule has 0 unspecified atom stereocenters. The first-order valence-electron chi connectivity index (χ1n) is 8.39. The van der Waals surface area contributed by atoms with Crippen LogP contribution in [0.1, 0.15) is 30.6 Å². The second-order valence-electron chi connectivity index (χ2n) is 5.90. The van der Waals surface area contributed by atoms with Gasteiger partial charge in [0.05, 0.1) is 16.3 Å². The van der Waals surface area contributed by atoms with Crippen LogP contribution in [-0.4, -0.2) is 22.1 Å². The number of thiazole rings is 1. The van der Waals surface area contributed by atoms with Crippen molar-refractivity contribution in [1.29, 1.82) is 0 Å².